The molecule has 0 aromatic heterocycles. The highest BCUT2D eigenvalue weighted by atomic mass is 16.5. The summed E-state index contributed by atoms with van der Waals surface area (Å²) in [5.41, 5.74) is 0. The third kappa shape index (κ3) is 4.13. The molecular formula is C10H16N2O2. The van der Waals surface area contributed by atoms with Crippen molar-refractivity contribution in [3.8, 4) is 6.07 Å². The fraction of sp³-hybridized carbons (Fsp3) is 0.800. The zero-order valence-corrected chi connectivity index (χ0v) is 8.29. The van der Waals surface area contributed by atoms with Crippen molar-refractivity contribution >= 4 is 6.09 Å². The molecule has 1 aliphatic carbocycles. The molecule has 78 valence electrons. The molecule has 4 heteroatoms. The van der Waals surface area contributed by atoms with Crippen molar-refractivity contribution in [3.05, 3.63) is 0 Å². The van der Waals surface area contributed by atoms with Gasteiger partial charge in [-0.1, -0.05) is 19.3 Å². The quantitative estimate of drug-likeness (QED) is 0.702. The van der Waals surface area contributed by atoms with Crippen LogP contribution in [-0.2, 0) is 4.74 Å². The average Bonchev–Trinajstić information content (AvgIpc) is 2.20. The van der Waals surface area contributed by atoms with E-state index < -0.39 is 0 Å². The Morgan fingerprint density at radius 1 is 1.43 bits per heavy atom. The smallest absolute Gasteiger partial charge is 0.407 e. The molecule has 0 spiro atoms. The van der Waals surface area contributed by atoms with E-state index in [4.69, 9.17) is 10.00 Å². The summed E-state index contributed by atoms with van der Waals surface area (Å²) in [7, 11) is 0. The van der Waals surface area contributed by atoms with Crippen LogP contribution >= 0.6 is 0 Å². The number of alkyl carbamates (subject to hydrolysis) is 1. The monoisotopic (exact) mass is 196 g/mol. The third-order valence-corrected chi connectivity index (χ3v) is 2.37. The lowest BCUT2D eigenvalue weighted by molar-refractivity contribution is 0.141. The minimum Gasteiger partial charge on any atom is -0.448 e. The van der Waals surface area contributed by atoms with Crippen molar-refractivity contribution < 1.29 is 9.53 Å². The number of rotatable bonds is 3. The molecule has 1 saturated carbocycles. The van der Waals surface area contributed by atoms with Crippen LogP contribution in [0.25, 0.3) is 0 Å². The molecule has 0 aromatic rings. The molecule has 1 rings (SSSR count). The molecule has 1 fully saturated rings. The van der Waals surface area contributed by atoms with Gasteiger partial charge in [-0.3, -0.25) is 0 Å². The predicted molar refractivity (Wildman–Crippen MR) is 51.6 cm³/mol. The largest absolute Gasteiger partial charge is 0.448 e. The van der Waals surface area contributed by atoms with E-state index >= 15 is 0 Å². The molecule has 1 amide bonds. The maximum absolute atomic E-state index is 11.1. The molecule has 1 N–H and O–H groups in total. The number of carbonyl (C=O) groups excluding carboxylic acids is 1. The number of hydrogen-bond acceptors (Lipinski definition) is 3. The Morgan fingerprint density at radius 3 is 2.79 bits per heavy atom. The fourth-order valence-corrected chi connectivity index (χ4v) is 1.64. The summed E-state index contributed by atoms with van der Waals surface area (Å²) in [5, 5.41) is 11.0. The summed E-state index contributed by atoms with van der Waals surface area (Å²) >= 11 is 0. The standard InChI is InChI=1S/C10H16N2O2/c11-7-4-8-14-10(13)12-9-5-2-1-3-6-9/h9H,1-6,8H2,(H,12,13). The van der Waals surface area contributed by atoms with E-state index in [0.29, 0.717) is 0 Å². The van der Waals surface area contributed by atoms with Crippen LogP contribution in [0.15, 0.2) is 0 Å². The van der Waals surface area contributed by atoms with Gasteiger partial charge in [0.25, 0.3) is 0 Å². The first-order valence-corrected chi connectivity index (χ1v) is 5.13. The highest BCUT2D eigenvalue weighted by molar-refractivity contribution is 5.67. The lowest BCUT2D eigenvalue weighted by atomic mass is 9.96. The number of nitrogens with one attached hydrogen (secondary N) is 1. The van der Waals surface area contributed by atoms with Gasteiger partial charge in [0.05, 0.1) is 12.5 Å². The van der Waals surface area contributed by atoms with Gasteiger partial charge in [0.1, 0.15) is 6.61 Å². The Bertz CT molecular complexity index is 217. The minimum absolute atomic E-state index is 0.190. The molecule has 0 radical (unpaired) electrons. The van der Waals surface area contributed by atoms with E-state index in [-0.39, 0.29) is 25.2 Å². The molecule has 1 aliphatic rings. The lowest BCUT2D eigenvalue weighted by Crippen LogP contribution is -2.36. The Balaban J connectivity index is 2.10. The second-order valence-electron chi connectivity index (χ2n) is 3.52. The molecule has 0 heterocycles. The Labute approximate surface area is 84.2 Å². The van der Waals surface area contributed by atoms with Crippen LogP contribution in [0, 0.1) is 11.3 Å². The van der Waals surface area contributed by atoms with Gasteiger partial charge >= 0.3 is 6.09 Å². The van der Waals surface area contributed by atoms with Crippen LogP contribution in [0.2, 0.25) is 0 Å². The first-order chi connectivity index (χ1) is 6.83. The topological polar surface area (TPSA) is 62.1 Å². The Hall–Kier alpha value is -1.24. The van der Waals surface area contributed by atoms with E-state index in [1.54, 1.807) is 0 Å². The molecule has 0 atom stereocenters. The molecule has 4 nitrogen and oxygen atoms in total. The van der Waals surface area contributed by atoms with Crippen LogP contribution in [0.5, 0.6) is 0 Å². The van der Waals surface area contributed by atoms with Gasteiger partial charge in [0.15, 0.2) is 0 Å². The summed E-state index contributed by atoms with van der Waals surface area (Å²) < 4.78 is 4.81. The number of nitrogens with zero attached hydrogens (tertiary/aromatic N) is 1. The van der Waals surface area contributed by atoms with Crippen LogP contribution in [0.3, 0.4) is 0 Å². The van der Waals surface area contributed by atoms with Gasteiger partial charge in [-0.15, -0.1) is 0 Å². The average molecular weight is 196 g/mol. The van der Waals surface area contributed by atoms with Crippen molar-refractivity contribution in [2.24, 2.45) is 0 Å². The van der Waals surface area contributed by atoms with E-state index in [2.05, 4.69) is 5.32 Å². The number of ether oxygens (including phenoxy) is 1. The minimum atomic E-state index is -0.382. The van der Waals surface area contributed by atoms with E-state index in [0.717, 1.165) is 12.8 Å². The molecule has 0 aliphatic heterocycles. The zero-order valence-electron chi connectivity index (χ0n) is 8.29. The summed E-state index contributed by atoms with van der Waals surface area (Å²) in [6, 6.07) is 2.20. The number of amides is 1. The van der Waals surface area contributed by atoms with Gasteiger partial charge < -0.3 is 10.1 Å². The maximum Gasteiger partial charge on any atom is 0.407 e. The normalized spacial score (nSPS) is 17.1. The van der Waals surface area contributed by atoms with Gasteiger partial charge in [-0.25, -0.2) is 4.79 Å². The van der Waals surface area contributed by atoms with Crippen LogP contribution in [-0.4, -0.2) is 18.7 Å². The predicted octanol–water partition coefficient (Wildman–Crippen LogP) is 1.96. The summed E-state index contributed by atoms with van der Waals surface area (Å²) in [6.45, 7) is 0.190. The summed E-state index contributed by atoms with van der Waals surface area (Å²) in [5.74, 6) is 0. The van der Waals surface area contributed by atoms with Gasteiger partial charge in [0.2, 0.25) is 0 Å². The molecule has 0 bridgehead atoms. The fourth-order valence-electron chi connectivity index (χ4n) is 1.64. The summed E-state index contributed by atoms with van der Waals surface area (Å²) in [4.78, 5) is 11.1. The van der Waals surface area contributed by atoms with Gasteiger partial charge in [-0.05, 0) is 12.8 Å². The molecule has 0 unspecified atom stereocenters. The number of hydrogen-bond donors (Lipinski definition) is 1. The Morgan fingerprint density at radius 2 is 2.14 bits per heavy atom. The van der Waals surface area contributed by atoms with Crippen molar-refractivity contribution in [1.29, 1.82) is 5.26 Å². The SMILES string of the molecule is N#CCCOC(=O)NC1CCCCC1. The number of nitriles is 1. The second-order valence-corrected chi connectivity index (χ2v) is 3.52. The molecule has 0 saturated heterocycles. The Kier molecular flexibility index (Phi) is 4.84. The van der Waals surface area contributed by atoms with E-state index in [1.807, 2.05) is 6.07 Å². The zero-order chi connectivity index (χ0) is 10.2. The highest BCUT2D eigenvalue weighted by Gasteiger charge is 2.15. The first kappa shape index (κ1) is 10.8. The molecule has 0 aromatic carbocycles. The van der Waals surface area contributed by atoms with Gasteiger partial charge in [0, 0.05) is 6.04 Å². The van der Waals surface area contributed by atoms with Gasteiger partial charge in [-0.2, -0.15) is 5.26 Å². The lowest BCUT2D eigenvalue weighted by Gasteiger charge is -2.22. The van der Waals surface area contributed by atoms with Crippen LogP contribution in [0.4, 0.5) is 4.79 Å². The first-order valence-electron chi connectivity index (χ1n) is 5.13. The van der Waals surface area contributed by atoms with Crippen molar-refractivity contribution in [1.82, 2.24) is 5.32 Å². The molecule has 14 heavy (non-hydrogen) atoms. The molecular weight excluding hydrogens is 180 g/mol. The van der Waals surface area contributed by atoms with Crippen LogP contribution in [0.1, 0.15) is 38.5 Å². The third-order valence-electron chi connectivity index (χ3n) is 2.37. The highest BCUT2D eigenvalue weighted by Crippen LogP contribution is 2.17. The number of carbonyl (C=O) groups is 1. The second kappa shape index (κ2) is 6.25. The maximum atomic E-state index is 11.1. The van der Waals surface area contributed by atoms with E-state index in [9.17, 15) is 4.79 Å². The summed E-state index contributed by atoms with van der Waals surface area (Å²) in [6.07, 6.45) is 5.61. The van der Waals surface area contributed by atoms with Crippen molar-refractivity contribution in [3.63, 3.8) is 0 Å². The van der Waals surface area contributed by atoms with Crippen LogP contribution < -0.4 is 5.32 Å². The van der Waals surface area contributed by atoms with E-state index in [1.165, 1.54) is 19.3 Å². The van der Waals surface area contributed by atoms with Crippen molar-refractivity contribution in [2.45, 2.75) is 44.6 Å². The van der Waals surface area contributed by atoms with Crippen molar-refractivity contribution in [2.75, 3.05) is 6.61 Å².